The molecule has 4 nitrogen and oxygen atoms in total. The fourth-order valence-electron chi connectivity index (χ4n) is 2.05. The summed E-state index contributed by atoms with van der Waals surface area (Å²) in [5.41, 5.74) is 6.77. The molecule has 0 radical (unpaired) electrons. The van der Waals surface area contributed by atoms with Gasteiger partial charge < -0.3 is 15.8 Å². The number of amides is 1. The third-order valence-electron chi connectivity index (χ3n) is 3.11. The number of rotatable bonds is 3. The van der Waals surface area contributed by atoms with Crippen LogP contribution in [-0.4, -0.2) is 19.1 Å². The lowest BCUT2D eigenvalue weighted by atomic mass is 10.0. The number of methoxy groups -OCH3 is 1. The molecule has 3 N–H and O–H groups in total. The van der Waals surface area contributed by atoms with Gasteiger partial charge in [0.1, 0.15) is 5.75 Å². The maximum atomic E-state index is 12.1. The van der Waals surface area contributed by atoms with E-state index in [4.69, 9.17) is 10.5 Å². The van der Waals surface area contributed by atoms with E-state index in [0.29, 0.717) is 17.0 Å². The van der Waals surface area contributed by atoms with Crippen molar-refractivity contribution < 1.29 is 9.53 Å². The second-order valence-electron chi connectivity index (χ2n) is 4.41. The monoisotopic (exact) mass is 246 g/mol. The van der Waals surface area contributed by atoms with Gasteiger partial charge in [-0.15, -0.1) is 0 Å². The van der Waals surface area contributed by atoms with Gasteiger partial charge in [-0.3, -0.25) is 4.79 Å². The summed E-state index contributed by atoms with van der Waals surface area (Å²) in [5, 5.41) is 3.00. The van der Waals surface area contributed by atoms with Crippen LogP contribution in [0, 0.1) is 0 Å². The number of benzene rings is 1. The first-order chi connectivity index (χ1) is 8.70. The number of nitrogen functional groups attached to an aromatic ring is 1. The topological polar surface area (TPSA) is 64.3 Å². The first kappa shape index (κ1) is 12.5. The molecule has 18 heavy (non-hydrogen) atoms. The average Bonchev–Trinajstić information content (AvgIpc) is 2.40. The summed E-state index contributed by atoms with van der Waals surface area (Å²) in [7, 11) is 1.57. The summed E-state index contributed by atoms with van der Waals surface area (Å²) < 4.78 is 5.10. The van der Waals surface area contributed by atoms with Crippen molar-refractivity contribution in [3.63, 3.8) is 0 Å². The Labute approximate surface area is 107 Å². The second kappa shape index (κ2) is 5.58. The average molecular weight is 246 g/mol. The molecule has 0 aliphatic heterocycles. The SMILES string of the molecule is COc1ccc(N)c(C(=O)NC2CC=CCC2)c1. The summed E-state index contributed by atoms with van der Waals surface area (Å²) in [4.78, 5) is 12.1. The Balaban J connectivity index is 2.10. The number of carbonyl (C=O) groups excluding carboxylic acids is 1. The van der Waals surface area contributed by atoms with E-state index in [1.807, 2.05) is 0 Å². The lowest BCUT2D eigenvalue weighted by Gasteiger charge is -2.20. The van der Waals surface area contributed by atoms with Crippen LogP contribution in [0.5, 0.6) is 5.75 Å². The van der Waals surface area contributed by atoms with Crippen molar-refractivity contribution in [1.82, 2.24) is 5.32 Å². The van der Waals surface area contributed by atoms with E-state index in [0.717, 1.165) is 19.3 Å². The van der Waals surface area contributed by atoms with Crippen molar-refractivity contribution in [2.24, 2.45) is 0 Å². The number of anilines is 1. The number of hydrogen-bond acceptors (Lipinski definition) is 3. The molecule has 96 valence electrons. The Kier molecular flexibility index (Phi) is 3.87. The van der Waals surface area contributed by atoms with Crippen LogP contribution >= 0.6 is 0 Å². The van der Waals surface area contributed by atoms with E-state index in [-0.39, 0.29) is 11.9 Å². The molecule has 1 aliphatic carbocycles. The summed E-state index contributed by atoms with van der Waals surface area (Å²) >= 11 is 0. The third-order valence-corrected chi connectivity index (χ3v) is 3.11. The molecule has 0 bridgehead atoms. The van der Waals surface area contributed by atoms with Crippen LogP contribution < -0.4 is 15.8 Å². The lowest BCUT2D eigenvalue weighted by molar-refractivity contribution is 0.0935. The number of allylic oxidation sites excluding steroid dienone is 1. The molecule has 0 spiro atoms. The van der Waals surface area contributed by atoms with Crippen molar-refractivity contribution in [3.8, 4) is 5.75 Å². The zero-order valence-electron chi connectivity index (χ0n) is 10.5. The molecular weight excluding hydrogens is 228 g/mol. The molecule has 0 saturated heterocycles. The van der Waals surface area contributed by atoms with Gasteiger partial charge in [0.25, 0.3) is 5.91 Å². The Hall–Kier alpha value is -1.97. The smallest absolute Gasteiger partial charge is 0.253 e. The van der Waals surface area contributed by atoms with Gasteiger partial charge in [0.2, 0.25) is 0 Å². The zero-order valence-corrected chi connectivity index (χ0v) is 10.5. The Morgan fingerprint density at radius 3 is 2.94 bits per heavy atom. The molecule has 1 atom stereocenters. The van der Waals surface area contributed by atoms with Gasteiger partial charge in [0, 0.05) is 11.7 Å². The lowest BCUT2D eigenvalue weighted by Crippen LogP contribution is -2.35. The molecule has 1 unspecified atom stereocenters. The first-order valence-corrected chi connectivity index (χ1v) is 6.10. The van der Waals surface area contributed by atoms with Crippen LogP contribution in [0.25, 0.3) is 0 Å². The molecule has 0 fully saturated rings. The number of carbonyl (C=O) groups is 1. The summed E-state index contributed by atoms with van der Waals surface area (Å²) in [6.07, 6.45) is 7.12. The molecule has 1 aromatic rings. The van der Waals surface area contributed by atoms with Crippen molar-refractivity contribution >= 4 is 11.6 Å². The van der Waals surface area contributed by atoms with E-state index in [9.17, 15) is 4.79 Å². The van der Waals surface area contributed by atoms with Gasteiger partial charge in [-0.25, -0.2) is 0 Å². The van der Waals surface area contributed by atoms with E-state index < -0.39 is 0 Å². The minimum absolute atomic E-state index is 0.133. The fourth-order valence-corrected chi connectivity index (χ4v) is 2.05. The van der Waals surface area contributed by atoms with Gasteiger partial charge in [0.05, 0.1) is 12.7 Å². The predicted molar refractivity (Wildman–Crippen MR) is 71.7 cm³/mol. The molecule has 4 heteroatoms. The van der Waals surface area contributed by atoms with Gasteiger partial charge in [-0.1, -0.05) is 12.2 Å². The first-order valence-electron chi connectivity index (χ1n) is 6.10. The Morgan fingerprint density at radius 1 is 1.44 bits per heavy atom. The van der Waals surface area contributed by atoms with Crippen LogP contribution in [0.1, 0.15) is 29.6 Å². The van der Waals surface area contributed by atoms with E-state index >= 15 is 0 Å². The van der Waals surface area contributed by atoms with Crippen LogP contribution in [-0.2, 0) is 0 Å². The fraction of sp³-hybridized carbons (Fsp3) is 0.357. The standard InChI is InChI=1S/C14H18N2O2/c1-18-11-7-8-13(15)12(9-11)14(17)16-10-5-3-2-4-6-10/h2-3,7-10H,4-6,15H2,1H3,(H,16,17). The highest BCUT2D eigenvalue weighted by atomic mass is 16.5. The maximum Gasteiger partial charge on any atom is 0.253 e. The number of hydrogen-bond donors (Lipinski definition) is 2. The summed E-state index contributed by atoms with van der Waals surface area (Å²) in [5.74, 6) is 0.504. The third kappa shape index (κ3) is 2.83. The van der Waals surface area contributed by atoms with Crippen molar-refractivity contribution in [2.75, 3.05) is 12.8 Å². The van der Waals surface area contributed by atoms with Crippen molar-refractivity contribution in [1.29, 1.82) is 0 Å². The van der Waals surface area contributed by atoms with Gasteiger partial charge in [-0.05, 0) is 37.5 Å². The number of nitrogens with two attached hydrogens (primary N) is 1. The molecular formula is C14H18N2O2. The van der Waals surface area contributed by atoms with Crippen LogP contribution in [0.3, 0.4) is 0 Å². The maximum absolute atomic E-state index is 12.1. The number of ether oxygens (including phenoxy) is 1. The Bertz CT molecular complexity index is 469. The van der Waals surface area contributed by atoms with E-state index in [2.05, 4.69) is 17.5 Å². The predicted octanol–water partition coefficient (Wildman–Crippen LogP) is 2.12. The van der Waals surface area contributed by atoms with E-state index in [1.54, 1.807) is 25.3 Å². The molecule has 0 aromatic heterocycles. The van der Waals surface area contributed by atoms with E-state index in [1.165, 1.54) is 0 Å². The Morgan fingerprint density at radius 2 is 2.28 bits per heavy atom. The van der Waals surface area contributed by atoms with Crippen LogP contribution in [0.15, 0.2) is 30.4 Å². The van der Waals surface area contributed by atoms with Gasteiger partial charge >= 0.3 is 0 Å². The summed E-state index contributed by atoms with van der Waals surface area (Å²) in [6.45, 7) is 0. The minimum atomic E-state index is -0.133. The second-order valence-corrected chi connectivity index (χ2v) is 4.41. The van der Waals surface area contributed by atoms with Crippen LogP contribution in [0.4, 0.5) is 5.69 Å². The molecule has 1 aliphatic rings. The number of nitrogens with one attached hydrogen (secondary N) is 1. The minimum Gasteiger partial charge on any atom is -0.497 e. The highest BCUT2D eigenvalue weighted by Gasteiger charge is 2.16. The van der Waals surface area contributed by atoms with Gasteiger partial charge in [0.15, 0.2) is 0 Å². The molecule has 1 amide bonds. The molecule has 1 aromatic carbocycles. The highest BCUT2D eigenvalue weighted by molar-refractivity contribution is 5.99. The molecule has 0 heterocycles. The summed E-state index contributed by atoms with van der Waals surface area (Å²) in [6, 6.07) is 5.31. The molecule has 0 saturated carbocycles. The van der Waals surface area contributed by atoms with Crippen LogP contribution in [0.2, 0.25) is 0 Å². The normalized spacial score (nSPS) is 18.4. The van der Waals surface area contributed by atoms with Crippen molar-refractivity contribution in [3.05, 3.63) is 35.9 Å². The largest absolute Gasteiger partial charge is 0.497 e. The van der Waals surface area contributed by atoms with Crippen molar-refractivity contribution in [2.45, 2.75) is 25.3 Å². The molecule has 2 rings (SSSR count). The highest BCUT2D eigenvalue weighted by Crippen LogP contribution is 2.20. The van der Waals surface area contributed by atoms with Gasteiger partial charge in [-0.2, -0.15) is 0 Å². The quantitative estimate of drug-likeness (QED) is 0.634. The zero-order chi connectivity index (χ0) is 13.0.